The van der Waals surface area contributed by atoms with Crippen molar-refractivity contribution in [2.24, 2.45) is 0 Å². The van der Waals surface area contributed by atoms with Crippen molar-refractivity contribution in [1.29, 1.82) is 0 Å². The second kappa shape index (κ2) is 11.5. The van der Waals surface area contributed by atoms with Crippen LogP contribution in [-0.4, -0.2) is 9.97 Å². The van der Waals surface area contributed by atoms with Crippen molar-refractivity contribution in [3.8, 4) is 22.4 Å². The van der Waals surface area contributed by atoms with Crippen LogP contribution >= 0.6 is 11.3 Å². The fraction of sp³-hybridized carbons (Fsp3) is 0.0417. The minimum Gasteiger partial charge on any atom is -0.246 e. The van der Waals surface area contributed by atoms with Gasteiger partial charge < -0.3 is 0 Å². The van der Waals surface area contributed by atoms with Crippen molar-refractivity contribution < 1.29 is 4.11 Å². The fourth-order valence-corrected chi connectivity index (χ4v) is 9.46. The molecule has 0 saturated carbocycles. The van der Waals surface area contributed by atoms with Crippen molar-refractivity contribution >= 4 is 87.0 Å². The van der Waals surface area contributed by atoms with Gasteiger partial charge in [-0.25, -0.2) is 20.0 Å². The first-order valence-corrected chi connectivity index (χ1v) is 18.6. The van der Waals surface area contributed by atoms with Crippen molar-refractivity contribution in [1.82, 2.24) is 9.97 Å². The molecule has 53 heavy (non-hydrogen) atoms. The largest absolute Gasteiger partial charge is 0.251 e. The zero-order chi connectivity index (χ0) is 37.7. The Balaban J connectivity index is 1.37. The monoisotopic (exact) mass is 699 g/mol. The van der Waals surface area contributed by atoms with Crippen LogP contribution in [0.15, 0.2) is 158 Å². The molecule has 0 radical (unpaired) electrons. The summed E-state index contributed by atoms with van der Waals surface area (Å²) >= 11 is 1.78. The van der Waals surface area contributed by atoms with Crippen LogP contribution in [0.3, 0.4) is 0 Å². The highest BCUT2D eigenvalue weighted by molar-refractivity contribution is 7.26. The normalized spacial score (nSPS) is 13.7. The second-order valence-electron chi connectivity index (χ2n) is 13.6. The van der Waals surface area contributed by atoms with Gasteiger partial charge in [0, 0.05) is 41.7 Å². The summed E-state index contributed by atoms with van der Waals surface area (Å²) in [6, 6.07) is 54.2. The fourth-order valence-electron chi connectivity index (χ4n) is 8.20. The number of aromatic nitrogens is 2. The minimum atomic E-state index is -2.37. The molecule has 0 N–H and O–H groups in total. The summed E-state index contributed by atoms with van der Waals surface area (Å²) in [4.78, 5) is 10.8. The topological polar surface area (TPSA) is 32.3 Å². The Morgan fingerprint density at radius 2 is 1.30 bits per heavy atom. The molecule has 11 rings (SSSR count). The predicted octanol–water partition coefficient (Wildman–Crippen LogP) is 13.5. The summed E-state index contributed by atoms with van der Waals surface area (Å²) in [6.45, 7) is -0.274. The van der Waals surface area contributed by atoms with E-state index in [0.29, 0.717) is 22.5 Å². The van der Waals surface area contributed by atoms with E-state index in [9.17, 15) is 0 Å². The molecule has 0 saturated heterocycles. The number of hydrogen-bond acceptors (Lipinski definition) is 5. The highest BCUT2D eigenvalue weighted by Crippen LogP contribution is 2.59. The van der Waals surface area contributed by atoms with Gasteiger partial charge in [0.05, 0.1) is 33.0 Å². The molecule has 0 spiro atoms. The van der Waals surface area contributed by atoms with Crippen molar-refractivity contribution in [2.75, 3.05) is 10.0 Å². The van der Waals surface area contributed by atoms with Crippen LogP contribution < -0.4 is 10.0 Å². The van der Waals surface area contributed by atoms with Gasteiger partial charge in [0.25, 0.3) is 5.95 Å². The summed E-state index contributed by atoms with van der Waals surface area (Å²) in [5.74, 6) is 0.439. The summed E-state index contributed by atoms with van der Waals surface area (Å²) in [7, 11) is 0. The van der Waals surface area contributed by atoms with E-state index in [1.165, 1.54) is 20.9 Å². The molecule has 0 atom stereocenters. The van der Waals surface area contributed by atoms with Gasteiger partial charge in [0.1, 0.15) is 0 Å². The third-order valence-electron chi connectivity index (χ3n) is 10.5. The van der Waals surface area contributed by atoms with Crippen LogP contribution in [0.2, 0.25) is 0 Å². The van der Waals surface area contributed by atoms with Crippen LogP contribution in [0, 0.1) is 13.8 Å². The molecule has 8 aromatic carbocycles. The van der Waals surface area contributed by atoms with Gasteiger partial charge in [-0.15, -0.1) is 11.3 Å². The lowest BCUT2D eigenvalue weighted by molar-refractivity contribution is 0.932. The highest BCUT2D eigenvalue weighted by atomic mass is 32.1. The SMILES string of the molecule is [2H]C([2H])([2H])c1cccc2nc(N3c4c(c5ccccc5c5c4sc4ccccc45)-c4c(ccc5ccccc45)N3c3ccc(C)cc3)nc(-c3ccccc3)c12. The molecule has 10 aromatic rings. The number of anilines is 4. The van der Waals surface area contributed by atoms with E-state index in [4.69, 9.17) is 14.1 Å². The Morgan fingerprint density at radius 3 is 2.13 bits per heavy atom. The van der Waals surface area contributed by atoms with E-state index < -0.39 is 6.85 Å². The third-order valence-corrected chi connectivity index (χ3v) is 11.7. The van der Waals surface area contributed by atoms with Gasteiger partial charge in [-0.1, -0.05) is 133 Å². The molecule has 1 aliphatic heterocycles. The zero-order valence-corrected chi connectivity index (χ0v) is 29.5. The van der Waals surface area contributed by atoms with Gasteiger partial charge in [-0.05, 0) is 71.2 Å². The molecule has 250 valence electrons. The zero-order valence-electron chi connectivity index (χ0n) is 31.7. The quantitative estimate of drug-likeness (QED) is 0.184. The molecule has 0 aliphatic carbocycles. The van der Waals surface area contributed by atoms with Gasteiger partial charge in [-0.3, -0.25) is 0 Å². The van der Waals surface area contributed by atoms with E-state index in [1.807, 2.05) is 36.4 Å². The lowest BCUT2D eigenvalue weighted by atomic mass is 9.87. The summed E-state index contributed by atoms with van der Waals surface area (Å²) in [6.07, 6.45) is 0. The van der Waals surface area contributed by atoms with E-state index in [-0.39, 0.29) is 5.56 Å². The van der Waals surface area contributed by atoms with Crippen molar-refractivity contribution in [3.05, 3.63) is 169 Å². The predicted molar refractivity (Wildman–Crippen MR) is 225 cm³/mol. The lowest BCUT2D eigenvalue weighted by Gasteiger charge is -2.43. The molecular formula is C48H32N4S. The van der Waals surface area contributed by atoms with Gasteiger partial charge in [0.15, 0.2) is 0 Å². The number of hydrazine groups is 1. The van der Waals surface area contributed by atoms with E-state index in [1.54, 1.807) is 23.5 Å². The Hall–Kier alpha value is -6.56. The summed E-state index contributed by atoms with van der Waals surface area (Å²) in [5, 5.41) is 12.0. The Kier molecular flexibility index (Phi) is 5.88. The molecule has 5 heteroatoms. The Morgan fingerprint density at radius 1 is 0.566 bits per heavy atom. The minimum absolute atomic E-state index is 0.226. The number of rotatable bonds is 3. The maximum atomic E-state index is 8.55. The molecule has 3 heterocycles. The van der Waals surface area contributed by atoms with Gasteiger partial charge in [-0.2, -0.15) is 0 Å². The van der Waals surface area contributed by atoms with E-state index in [2.05, 4.69) is 126 Å². The van der Waals surface area contributed by atoms with Gasteiger partial charge in [0.2, 0.25) is 0 Å². The smallest absolute Gasteiger partial charge is 0.246 e. The molecule has 1 aliphatic rings. The van der Waals surface area contributed by atoms with Gasteiger partial charge >= 0.3 is 0 Å². The second-order valence-corrected chi connectivity index (χ2v) is 14.7. The average Bonchev–Trinajstić information content (AvgIpc) is 3.62. The molecule has 0 amide bonds. The molecular weight excluding hydrogens is 665 g/mol. The molecule has 0 fully saturated rings. The molecule has 0 unspecified atom stereocenters. The standard InChI is InChI=1S/C48H32N4S/c1-29-23-26-33(27-24-29)51-39-28-25-31-14-6-7-17-34(31)43(39)44-36-19-9-8-18-35(36)42-37-20-10-11-22-40(37)53-47(42)46(44)52(51)48-49-38-21-12-13-30(2)41(38)45(50-48)32-15-4-3-5-16-32/h3-28H,1-2H3/i2D3. The third kappa shape index (κ3) is 4.41. The van der Waals surface area contributed by atoms with Crippen LogP contribution in [0.4, 0.5) is 23.0 Å². The average molecular weight is 700 g/mol. The van der Waals surface area contributed by atoms with E-state index in [0.717, 1.165) is 60.2 Å². The number of aryl methyl sites for hydroxylation is 2. The molecule has 0 bridgehead atoms. The number of thiophene rings is 1. The molecule has 4 nitrogen and oxygen atoms in total. The first kappa shape index (κ1) is 27.1. The first-order valence-electron chi connectivity index (χ1n) is 19.3. The maximum absolute atomic E-state index is 8.55. The van der Waals surface area contributed by atoms with Crippen LogP contribution in [-0.2, 0) is 0 Å². The van der Waals surface area contributed by atoms with Crippen molar-refractivity contribution in [3.63, 3.8) is 0 Å². The number of nitrogens with zero attached hydrogens (tertiary/aromatic N) is 4. The first-order chi connectivity index (χ1) is 27.3. The van der Waals surface area contributed by atoms with E-state index >= 15 is 0 Å². The number of benzene rings is 8. The van der Waals surface area contributed by atoms with Crippen LogP contribution in [0.5, 0.6) is 0 Å². The Bertz CT molecular complexity index is 3210. The number of hydrogen-bond donors (Lipinski definition) is 0. The highest BCUT2D eigenvalue weighted by Gasteiger charge is 2.38. The Labute approximate surface area is 315 Å². The molecule has 2 aromatic heterocycles. The summed E-state index contributed by atoms with van der Waals surface area (Å²) < 4.78 is 28.0. The van der Waals surface area contributed by atoms with Crippen LogP contribution in [0.25, 0.3) is 75.0 Å². The maximum Gasteiger partial charge on any atom is 0.251 e. The number of fused-ring (bicyclic) bond motifs is 13. The summed E-state index contributed by atoms with van der Waals surface area (Å²) in [5.41, 5.74) is 8.49. The van der Waals surface area contributed by atoms with Crippen LogP contribution in [0.1, 0.15) is 15.2 Å². The van der Waals surface area contributed by atoms with Crippen molar-refractivity contribution in [2.45, 2.75) is 13.8 Å². The lowest BCUT2D eigenvalue weighted by Crippen LogP contribution is -2.40.